The average Bonchev–Trinajstić information content (AvgIpc) is 2.82. The molecule has 8 heteroatoms. The molecule has 1 aromatic carbocycles. The topological polar surface area (TPSA) is 92.3 Å². The predicted molar refractivity (Wildman–Crippen MR) is 81.1 cm³/mol. The summed E-state index contributed by atoms with van der Waals surface area (Å²) in [7, 11) is -7.07. The Labute approximate surface area is 125 Å². The number of hydrogen-bond acceptors (Lipinski definition) is 5. The molecule has 0 saturated heterocycles. The first-order valence-electron chi connectivity index (χ1n) is 6.55. The number of hydrogen-bond donors (Lipinski definition) is 2. The van der Waals surface area contributed by atoms with E-state index in [1.165, 1.54) is 13.8 Å². The van der Waals surface area contributed by atoms with Gasteiger partial charge in [0, 0.05) is 25.9 Å². The number of sulfone groups is 1. The van der Waals surface area contributed by atoms with E-state index < -0.39 is 24.6 Å². The average molecular weight is 332 g/mol. The first-order valence-corrected chi connectivity index (χ1v) is 9.92. The van der Waals surface area contributed by atoms with Crippen LogP contribution in [0.2, 0.25) is 0 Å². The molecule has 0 radical (unpaired) electrons. The van der Waals surface area contributed by atoms with Gasteiger partial charge in [-0.15, -0.1) is 0 Å². The van der Waals surface area contributed by atoms with Crippen molar-refractivity contribution in [2.24, 2.45) is 0 Å². The van der Waals surface area contributed by atoms with Crippen molar-refractivity contribution in [2.75, 3.05) is 12.8 Å². The molecular formula is C13H20N2O4S2. The van der Waals surface area contributed by atoms with Crippen molar-refractivity contribution in [3.05, 3.63) is 29.3 Å². The molecule has 0 fully saturated rings. The van der Waals surface area contributed by atoms with Gasteiger partial charge in [0.25, 0.3) is 0 Å². The van der Waals surface area contributed by atoms with Crippen LogP contribution in [0.4, 0.5) is 0 Å². The molecule has 21 heavy (non-hydrogen) atoms. The fourth-order valence-electron chi connectivity index (χ4n) is 1.92. The Morgan fingerprint density at radius 2 is 1.76 bits per heavy atom. The summed E-state index contributed by atoms with van der Waals surface area (Å²) in [5.41, 5.74) is 2.05. The smallest absolute Gasteiger partial charge is 0.240 e. The van der Waals surface area contributed by atoms with Crippen molar-refractivity contribution in [1.82, 2.24) is 10.0 Å². The van der Waals surface area contributed by atoms with E-state index in [-0.39, 0.29) is 11.4 Å². The Balaban J connectivity index is 2.20. The highest BCUT2D eigenvalue weighted by molar-refractivity contribution is 7.92. The normalized spacial score (nSPS) is 16.0. The Bertz CT molecular complexity index is 752. The Kier molecular flexibility index (Phi) is 4.18. The van der Waals surface area contributed by atoms with E-state index in [4.69, 9.17) is 0 Å². The van der Waals surface area contributed by atoms with Crippen molar-refractivity contribution in [2.45, 2.75) is 36.6 Å². The highest BCUT2D eigenvalue weighted by Gasteiger charge is 2.32. The number of fused-ring (bicyclic) bond motifs is 1. The highest BCUT2D eigenvalue weighted by Crippen LogP contribution is 2.21. The minimum Gasteiger partial charge on any atom is -0.309 e. The van der Waals surface area contributed by atoms with Crippen LogP contribution in [0.15, 0.2) is 23.1 Å². The minimum atomic E-state index is -3.72. The van der Waals surface area contributed by atoms with Gasteiger partial charge < -0.3 is 5.32 Å². The van der Waals surface area contributed by atoms with E-state index in [0.717, 1.165) is 23.9 Å². The molecule has 118 valence electrons. The maximum Gasteiger partial charge on any atom is 0.240 e. The number of sulfonamides is 1. The van der Waals surface area contributed by atoms with Crippen molar-refractivity contribution in [3.63, 3.8) is 0 Å². The third-order valence-electron chi connectivity index (χ3n) is 3.81. The highest BCUT2D eigenvalue weighted by atomic mass is 32.2. The van der Waals surface area contributed by atoms with Crippen LogP contribution >= 0.6 is 0 Å². The lowest BCUT2D eigenvalue weighted by Crippen LogP contribution is -2.43. The number of benzene rings is 1. The molecule has 0 aromatic heterocycles. The summed E-state index contributed by atoms with van der Waals surface area (Å²) in [5.74, 6) is 0. The summed E-state index contributed by atoms with van der Waals surface area (Å²) < 4.78 is 49.0. The molecule has 1 heterocycles. The van der Waals surface area contributed by atoms with Crippen LogP contribution < -0.4 is 10.0 Å². The van der Waals surface area contributed by atoms with E-state index in [0.29, 0.717) is 6.54 Å². The maximum absolute atomic E-state index is 12.3. The zero-order valence-electron chi connectivity index (χ0n) is 12.3. The molecule has 6 nitrogen and oxygen atoms in total. The molecule has 1 aliphatic heterocycles. The summed E-state index contributed by atoms with van der Waals surface area (Å²) in [4.78, 5) is 0.161. The van der Waals surface area contributed by atoms with Crippen LogP contribution in [0, 0.1) is 0 Å². The van der Waals surface area contributed by atoms with Crippen LogP contribution in [0.25, 0.3) is 0 Å². The molecule has 1 aromatic rings. The van der Waals surface area contributed by atoms with E-state index in [1.54, 1.807) is 18.2 Å². The van der Waals surface area contributed by atoms with Crippen LogP contribution in [0.1, 0.15) is 25.0 Å². The van der Waals surface area contributed by atoms with Crippen LogP contribution in [-0.2, 0) is 33.0 Å². The van der Waals surface area contributed by atoms with Gasteiger partial charge in [0.1, 0.15) is 0 Å². The molecule has 0 spiro atoms. The predicted octanol–water partition coefficient (Wildman–Crippen LogP) is 0.391. The molecule has 0 atom stereocenters. The van der Waals surface area contributed by atoms with Crippen molar-refractivity contribution < 1.29 is 16.8 Å². The van der Waals surface area contributed by atoms with Gasteiger partial charge in [0.05, 0.1) is 9.64 Å². The molecule has 0 bridgehead atoms. The van der Waals surface area contributed by atoms with Gasteiger partial charge >= 0.3 is 0 Å². The Morgan fingerprint density at radius 3 is 2.38 bits per heavy atom. The second-order valence-corrected chi connectivity index (χ2v) is 10.3. The van der Waals surface area contributed by atoms with Gasteiger partial charge in [-0.2, -0.15) is 0 Å². The van der Waals surface area contributed by atoms with Gasteiger partial charge in [-0.25, -0.2) is 21.6 Å². The monoisotopic (exact) mass is 332 g/mol. The first-order chi connectivity index (χ1) is 9.53. The zero-order valence-corrected chi connectivity index (χ0v) is 13.9. The van der Waals surface area contributed by atoms with Gasteiger partial charge in [-0.3, -0.25) is 0 Å². The molecule has 1 aliphatic rings. The van der Waals surface area contributed by atoms with E-state index in [2.05, 4.69) is 10.0 Å². The van der Waals surface area contributed by atoms with E-state index in [9.17, 15) is 16.8 Å². The SMILES string of the molecule is CC(C)(CNS(=O)(=O)c1ccc2c(c1)CNC2)S(C)(=O)=O. The summed E-state index contributed by atoms with van der Waals surface area (Å²) in [6.07, 6.45) is 1.10. The maximum atomic E-state index is 12.3. The van der Waals surface area contributed by atoms with E-state index in [1.807, 2.05) is 0 Å². The fraction of sp³-hybridized carbons (Fsp3) is 0.538. The van der Waals surface area contributed by atoms with Crippen molar-refractivity contribution in [3.8, 4) is 0 Å². The zero-order chi connectivity index (χ0) is 15.9. The lowest BCUT2D eigenvalue weighted by Gasteiger charge is -2.22. The fourth-order valence-corrected chi connectivity index (χ4v) is 3.61. The molecule has 0 amide bonds. The van der Waals surface area contributed by atoms with Crippen LogP contribution in [0.5, 0.6) is 0 Å². The van der Waals surface area contributed by atoms with Gasteiger partial charge in [-0.1, -0.05) is 6.07 Å². The second-order valence-electron chi connectivity index (χ2n) is 5.89. The summed E-state index contributed by atoms with van der Waals surface area (Å²) in [6.45, 7) is 4.22. The third-order valence-corrected chi connectivity index (χ3v) is 7.36. The van der Waals surface area contributed by atoms with Gasteiger partial charge in [0.15, 0.2) is 9.84 Å². The van der Waals surface area contributed by atoms with Gasteiger partial charge in [-0.05, 0) is 37.1 Å². The molecule has 0 aliphatic carbocycles. The summed E-state index contributed by atoms with van der Waals surface area (Å²) >= 11 is 0. The lowest BCUT2D eigenvalue weighted by atomic mass is 10.1. The summed E-state index contributed by atoms with van der Waals surface area (Å²) in [5, 5.41) is 3.15. The van der Waals surface area contributed by atoms with E-state index >= 15 is 0 Å². The lowest BCUT2D eigenvalue weighted by molar-refractivity contribution is 0.537. The minimum absolute atomic E-state index is 0.161. The molecule has 2 rings (SSSR count). The van der Waals surface area contributed by atoms with Crippen molar-refractivity contribution >= 4 is 19.9 Å². The first kappa shape index (κ1) is 16.4. The molecule has 0 unspecified atom stereocenters. The number of rotatable bonds is 5. The molecule has 0 saturated carbocycles. The molecular weight excluding hydrogens is 312 g/mol. The Hall–Kier alpha value is -0.960. The van der Waals surface area contributed by atoms with Gasteiger partial charge in [0.2, 0.25) is 10.0 Å². The van der Waals surface area contributed by atoms with Crippen LogP contribution in [0.3, 0.4) is 0 Å². The van der Waals surface area contributed by atoms with Crippen LogP contribution in [-0.4, -0.2) is 34.4 Å². The standard InChI is InChI=1S/C13H20N2O4S2/c1-13(2,20(3,16)17)9-15-21(18,19)12-5-4-10-7-14-8-11(10)6-12/h4-6,14-15H,7-9H2,1-3H3. The second kappa shape index (κ2) is 5.35. The molecule has 2 N–H and O–H groups in total. The largest absolute Gasteiger partial charge is 0.309 e. The number of nitrogens with one attached hydrogen (secondary N) is 2. The summed E-state index contributed by atoms with van der Waals surface area (Å²) in [6, 6.07) is 4.96. The van der Waals surface area contributed by atoms with Crippen molar-refractivity contribution in [1.29, 1.82) is 0 Å². The Morgan fingerprint density at radius 1 is 1.14 bits per heavy atom. The third kappa shape index (κ3) is 3.45. The quantitative estimate of drug-likeness (QED) is 0.814.